The highest BCUT2D eigenvalue weighted by Gasteiger charge is 2.52. The molecule has 8 nitrogen and oxygen atoms in total. The van der Waals surface area contributed by atoms with E-state index in [1.807, 2.05) is 67.6 Å². The Kier molecular flexibility index (Phi) is 7.11. The van der Waals surface area contributed by atoms with E-state index in [9.17, 15) is 18.8 Å². The molecule has 0 aromatic heterocycles. The van der Waals surface area contributed by atoms with Crippen LogP contribution in [0.1, 0.15) is 35.7 Å². The molecule has 0 saturated carbocycles. The molecule has 3 aromatic carbocycles. The van der Waals surface area contributed by atoms with Gasteiger partial charge in [0.25, 0.3) is 5.91 Å². The summed E-state index contributed by atoms with van der Waals surface area (Å²) in [7, 11) is 1.69. The van der Waals surface area contributed by atoms with Crippen LogP contribution < -0.4 is 5.32 Å². The van der Waals surface area contributed by atoms with Crippen molar-refractivity contribution in [2.24, 2.45) is 0 Å². The molecule has 4 amide bonds. The van der Waals surface area contributed by atoms with E-state index in [0.29, 0.717) is 5.56 Å². The van der Waals surface area contributed by atoms with Gasteiger partial charge in [-0.25, -0.2) is 19.2 Å². The van der Waals surface area contributed by atoms with Crippen molar-refractivity contribution < 1.29 is 18.8 Å². The molecule has 0 radical (unpaired) electrons. The largest absolute Gasteiger partial charge is 0.334 e. The number of amides is 4. The Morgan fingerprint density at radius 3 is 2.26 bits per heavy atom. The van der Waals surface area contributed by atoms with Gasteiger partial charge in [-0.05, 0) is 35.7 Å². The van der Waals surface area contributed by atoms with Crippen LogP contribution in [-0.2, 0) is 16.1 Å². The molecule has 38 heavy (non-hydrogen) atoms. The van der Waals surface area contributed by atoms with Gasteiger partial charge in [-0.15, -0.1) is 0 Å². The lowest BCUT2D eigenvalue weighted by Gasteiger charge is -2.55. The molecule has 3 atom stereocenters. The van der Waals surface area contributed by atoms with E-state index in [1.54, 1.807) is 34.0 Å². The number of hydrogen-bond acceptors (Lipinski definition) is 4. The molecule has 2 aliphatic heterocycles. The summed E-state index contributed by atoms with van der Waals surface area (Å²) in [6.45, 7) is 2.25. The van der Waals surface area contributed by atoms with E-state index in [2.05, 4.69) is 5.32 Å². The van der Waals surface area contributed by atoms with Gasteiger partial charge < -0.3 is 15.1 Å². The maximum atomic E-state index is 14.0. The van der Waals surface area contributed by atoms with Crippen LogP contribution in [0.2, 0.25) is 0 Å². The summed E-state index contributed by atoms with van der Waals surface area (Å²) in [5.74, 6) is -0.765. The quantitative estimate of drug-likeness (QED) is 0.562. The Bertz CT molecular complexity index is 1300. The summed E-state index contributed by atoms with van der Waals surface area (Å²) in [6.07, 6.45) is -0.719. The van der Waals surface area contributed by atoms with Crippen LogP contribution in [0, 0.1) is 5.82 Å². The van der Waals surface area contributed by atoms with Crippen molar-refractivity contribution in [1.82, 2.24) is 25.1 Å². The normalized spacial score (nSPS) is 20.8. The van der Waals surface area contributed by atoms with Gasteiger partial charge in [0.15, 0.2) is 0 Å². The Labute approximate surface area is 221 Å². The van der Waals surface area contributed by atoms with Crippen molar-refractivity contribution >= 4 is 17.8 Å². The van der Waals surface area contributed by atoms with Gasteiger partial charge in [-0.2, -0.15) is 0 Å². The Morgan fingerprint density at radius 2 is 1.61 bits per heavy atom. The Morgan fingerprint density at radius 1 is 0.974 bits per heavy atom. The fraction of sp³-hybridized carbons (Fsp3) is 0.276. The predicted octanol–water partition coefficient (Wildman–Crippen LogP) is 3.70. The van der Waals surface area contributed by atoms with Crippen molar-refractivity contribution in [2.75, 3.05) is 20.1 Å². The number of benzene rings is 3. The van der Waals surface area contributed by atoms with Crippen molar-refractivity contribution in [1.29, 1.82) is 0 Å². The minimum absolute atomic E-state index is 0.0503. The van der Waals surface area contributed by atoms with Crippen molar-refractivity contribution in [2.45, 2.75) is 31.7 Å². The summed E-state index contributed by atoms with van der Waals surface area (Å²) in [5.41, 5.74) is 2.40. The molecule has 9 heteroatoms. The lowest BCUT2D eigenvalue weighted by molar-refractivity contribution is -0.189. The lowest BCUT2D eigenvalue weighted by atomic mass is 9.96. The summed E-state index contributed by atoms with van der Waals surface area (Å²) in [4.78, 5) is 44.3. The van der Waals surface area contributed by atoms with Gasteiger partial charge in [-0.3, -0.25) is 9.59 Å². The first kappa shape index (κ1) is 25.4. The van der Waals surface area contributed by atoms with Crippen LogP contribution in [0.25, 0.3) is 0 Å². The topological polar surface area (TPSA) is 76.2 Å². The van der Waals surface area contributed by atoms with Gasteiger partial charge >= 0.3 is 6.03 Å². The van der Waals surface area contributed by atoms with Gasteiger partial charge in [0.05, 0.1) is 19.1 Å². The first-order valence-electron chi connectivity index (χ1n) is 12.6. The minimum Gasteiger partial charge on any atom is -0.333 e. The summed E-state index contributed by atoms with van der Waals surface area (Å²) >= 11 is 0. The smallest absolute Gasteiger partial charge is 0.333 e. The molecule has 3 aromatic rings. The van der Waals surface area contributed by atoms with E-state index >= 15 is 0 Å². The van der Waals surface area contributed by atoms with E-state index in [1.165, 1.54) is 17.1 Å². The zero-order chi connectivity index (χ0) is 26.8. The lowest BCUT2D eigenvalue weighted by Crippen LogP contribution is -2.73. The highest BCUT2D eigenvalue weighted by Crippen LogP contribution is 2.37. The van der Waals surface area contributed by atoms with Gasteiger partial charge in [0.2, 0.25) is 5.91 Å². The first-order chi connectivity index (χ1) is 18.3. The van der Waals surface area contributed by atoms with Crippen LogP contribution in [0.4, 0.5) is 9.18 Å². The van der Waals surface area contributed by atoms with Gasteiger partial charge in [0, 0.05) is 13.6 Å². The second-order valence-corrected chi connectivity index (χ2v) is 9.62. The zero-order valence-corrected chi connectivity index (χ0v) is 21.3. The van der Waals surface area contributed by atoms with Crippen LogP contribution in [0.15, 0.2) is 84.9 Å². The molecule has 2 saturated heterocycles. The van der Waals surface area contributed by atoms with Crippen LogP contribution in [0.3, 0.4) is 0 Å². The fourth-order valence-electron chi connectivity index (χ4n) is 5.24. The molecule has 196 valence electrons. The number of nitrogens with zero attached hydrogens (tertiary/aromatic N) is 4. The molecular formula is C29H30FN5O3. The molecule has 2 fully saturated rings. The van der Waals surface area contributed by atoms with E-state index < -0.39 is 18.2 Å². The fourth-order valence-corrected chi connectivity index (χ4v) is 5.24. The number of fused-ring (bicyclic) bond motifs is 1. The third-order valence-electron chi connectivity index (χ3n) is 7.21. The second kappa shape index (κ2) is 10.6. The SMILES string of the molecule is C[C@@H](c1ccccc1)N1C[C@H]2N(C(=O)CN(C)N2C(=O)NCc2ccc(F)cc2)[C@@H](c2ccccc2)C1=O. The highest BCUT2D eigenvalue weighted by molar-refractivity contribution is 5.92. The van der Waals surface area contributed by atoms with E-state index in [0.717, 1.165) is 11.1 Å². The van der Waals surface area contributed by atoms with Crippen molar-refractivity contribution in [3.05, 3.63) is 107 Å². The third-order valence-corrected chi connectivity index (χ3v) is 7.21. The van der Waals surface area contributed by atoms with Crippen molar-refractivity contribution in [3.8, 4) is 0 Å². The molecule has 1 N–H and O–H groups in total. The molecule has 0 aliphatic carbocycles. The van der Waals surface area contributed by atoms with E-state index in [-0.39, 0.29) is 43.3 Å². The highest BCUT2D eigenvalue weighted by atomic mass is 19.1. The molecule has 0 spiro atoms. The van der Waals surface area contributed by atoms with Crippen molar-refractivity contribution in [3.63, 3.8) is 0 Å². The number of rotatable bonds is 5. The average molecular weight is 516 g/mol. The molecule has 5 rings (SSSR count). The predicted molar refractivity (Wildman–Crippen MR) is 139 cm³/mol. The number of carbonyl (C=O) groups is 3. The zero-order valence-electron chi connectivity index (χ0n) is 21.3. The number of urea groups is 1. The average Bonchev–Trinajstić information content (AvgIpc) is 2.93. The Balaban J connectivity index is 1.49. The summed E-state index contributed by atoms with van der Waals surface area (Å²) in [6, 6.07) is 23.3. The Hall–Kier alpha value is -4.24. The number of hydrogen-bond donors (Lipinski definition) is 1. The number of carbonyl (C=O) groups excluding carboxylic acids is 3. The summed E-state index contributed by atoms with van der Waals surface area (Å²) in [5, 5.41) is 5.99. The number of likely N-dealkylation sites (N-methyl/N-ethyl adjacent to an activating group) is 1. The van der Waals surface area contributed by atoms with Gasteiger partial charge in [-0.1, -0.05) is 72.8 Å². The number of nitrogens with one attached hydrogen (secondary N) is 1. The molecule has 2 heterocycles. The number of halogens is 1. The first-order valence-corrected chi connectivity index (χ1v) is 12.6. The maximum absolute atomic E-state index is 14.0. The van der Waals surface area contributed by atoms with E-state index in [4.69, 9.17) is 0 Å². The van der Waals surface area contributed by atoms with Crippen LogP contribution in [-0.4, -0.2) is 64.0 Å². The molecule has 2 aliphatic rings. The minimum atomic E-state index is -0.866. The molecule has 0 bridgehead atoms. The standard InChI is InChI=1S/C29H30FN5O3/c1-20(22-9-5-3-6-10-22)33-18-25-34(27(28(33)37)23-11-7-4-8-12-23)26(36)19-32(2)35(25)29(38)31-17-21-13-15-24(30)16-14-21/h3-16,20,25,27H,17-19H2,1-2H3,(H,31,38)/t20-,25-,27-/m0/s1. The maximum Gasteiger partial charge on any atom is 0.334 e. The monoisotopic (exact) mass is 515 g/mol. The van der Waals surface area contributed by atoms with Crippen LogP contribution >= 0.6 is 0 Å². The van der Waals surface area contributed by atoms with Gasteiger partial charge in [0.1, 0.15) is 18.0 Å². The number of piperazine rings is 1. The third kappa shape index (κ3) is 4.84. The summed E-state index contributed by atoms with van der Waals surface area (Å²) < 4.78 is 13.3. The number of hydrazine groups is 1. The van der Waals surface area contributed by atoms with Crippen LogP contribution in [0.5, 0.6) is 0 Å². The second-order valence-electron chi connectivity index (χ2n) is 9.62. The molecular weight excluding hydrogens is 485 g/mol. The molecule has 0 unspecified atom stereocenters.